The largest absolute Gasteiger partial charge is 0.497 e. The van der Waals surface area contributed by atoms with Crippen molar-refractivity contribution in [3.05, 3.63) is 88.9 Å². The second-order valence-corrected chi connectivity index (χ2v) is 11.3. The molecule has 0 saturated carbocycles. The molecule has 0 aromatic heterocycles. The number of nitrogens with one attached hydrogen (secondary N) is 1. The van der Waals surface area contributed by atoms with Crippen molar-refractivity contribution in [3.8, 4) is 5.75 Å². The zero-order valence-corrected chi connectivity index (χ0v) is 24.1. The first kappa shape index (κ1) is 30.0. The number of likely N-dealkylation sites (N-methyl/N-ethyl adjacent to an activating group) is 1. The molecule has 3 rings (SSSR count). The van der Waals surface area contributed by atoms with Crippen LogP contribution in [0.3, 0.4) is 0 Å². The highest BCUT2D eigenvalue weighted by atomic mass is 35.5. The van der Waals surface area contributed by atoms with Crippen LogP contribution in [0, 0.1) is 6.92 Å². The Morgan fingerprint density at radius 3 is 2.23 bits per heavy atom. The van der Waals surface area contributed by atoms with E-state index in [0.29, 0.717) is 23.7 Å². The minimum atomic E-state index is -4.18. The summed E-state index contributed by atoms with van der Waals surface area (Å²) in [6.07, 6.45) is 0.357. The number of hydrogen-bond acceptors (Lipinski definition) is 5. The van der Waals surface area contributed by atoms with Gasteiger partial charge in [-0.2, -0.15) is 0 Å². The van der Waals surface area contributed by atoms with Crippen molar-refractivity contribution in [2.24, 2.45) is 0 Å². The predicted octanol–water partition coefficient (Wildman–Crippen LogP) is 4.80. The third-order valence-electron chi connectivity index (χ3n) is 6.21. The zero-order valence-electron chi connectivity index (χ0n) is 22.6. The molecule has 1 unspecified atom stereocenters. The number of sulfonamides is 1. The lowest BCUT2D eigenvalue weighted by molar-refractivity contribution is -0.140. The number of rotatable bonds is 12. The number of anilines is 1. The number of amides is 2. The number of halogens is 1. The van der Waals surface area contributed by atoms with E-state index in [2.05, 4.69) is 5.32 Å². The van der Waals surface area contributed by atoms with Crippen LogP contribution in [0.15, 0.2) is 77.7 Å². The van der Waals surface area contributed by atoms with Gasteiger partial charge in [-0.1, -0.05) is 48.4 Å². The van der Waals surface area contributed by atoms with Crippen molar-refractivity contribution in [2.75, 3.05) is 24.5 Å². The first-order valence-corrected chi connectivity index (χ1v) is 14.5. The molecular formula is C29H34ClN3O5S. The highest BCUT2D eigenvalue weighted by Crippen LogP contribution is 2.27. The first-order chi connectivity index (χ1) is 18.6. The molecule has 0 aliphatic rings. The number of aryl methyl sites for hydroxylation is 1. The van der Waals surface area contributed by atoms with Gasteiger partial charge in [-0.05, 0) is 74.4 Å². The molecule has 2 amide bonds. The van der Waals surface area contributed by atoms with E-state index in [1.54, 1.807) is 43.3 Å². The molecule has 0 saturated heterocycles. The van der Waals surface area contributed by atoms with Gasteiger partial charge in [-0.3, -0.25) is 13.9 Å². The van der Waals surface area contributed by atoms with Crippen LogP contribution >= 0.6 is 11.6 Å². The highest BCUT2D eigenvalue weighted by molar-refractivity contribution is 7.92. The Morgan fingerprint density at radius 2 is 1.67 bits per heavy atom. The molecule has 3 aromatic rings. The number of ether oxygens (including phenoxy) is 1. The third-order valence-corrected chi connectivity index (χ3v) is 8.25. The van der Waals surface area contributed by atoms with Gasteiger partial charge in [0.2, 0.25) is 11.8 Å². The average molecular weight is 572 g/mol. The fourth-order valence-corrected chi connectivity index (χ4v) is 5.77. The molecule has 0 spiro atoms. The molecule has 0 fully saturated rings. The Labute approximate surface area is 235 Å². The fraction of sp³-hybridized carbons (Fsp3) is 0.310. The quantitative estimate of drug-likeness (QED) is 0.337. The van der Waals surface area contributed by atoms with Gasteiger partial charge in [0, 0.05) is 18.1 Å². The number of hydrogen-bond donors (Lipinski definition) is 1. The summed E-state index contributed by atoms with van der Waals surface area (Å²) >= 11 is 6.06. The molecule has 0 aliphatic heterocycles. The predicted molar refractivity (Wildman–Crippen MR) is 153 cm³/mol. The van der Waals surface area contributed by atoms with Gasteiger partial charge >= 0.3 is 0 Å². The molecule has 39 heavy (non-hydrogen) atoms. The highest BCUT2D eigenvalue weighted by Gasteiger charge is 2.33. The summed E-state index contributed by atoms with van der Waals surface area (Å²) in [6.45, 7) is 5.61. The standard InChI is InChI=1S/C29H34ClN3O5S/c1-5-27(29(35)31-6-2)32(19-22-9-7-8-21(3)18-22)28(34)20-33(24-12-10-23(30)11-13-24)39(36,37)26-16-14-25(38-4)15-17-26/h7-18,27H,5-6,19-20H2,1-4H3,(H,31,35). The van der Waals surface area contributed by atoms with Gasteiger partial charge in [-0.15, -0.1) is 0 Å². The van der Waals surface area contributed by atoms with Gasteiger partial charge in [0.15, 0.2) is 0 Å². The lowest BCUT2D eigenvalue weighted by atomic mass is 10.1. The number of methoxy groups -OCH3 is 1. The topological polar surface area (TPSA) is 96.0 Å². The van der Waals surface area contributed by atoms with Gasteiger partial charge < -0.3 is 15.0 Å². The van der Waals surface area contributed by atoms with E-state index in [1.807, 2.05) is 38.1 Å². The summed E-state index contributed by atoms with van der Waals surface area (Å²) in [5.74, 6) is -0.307. The van der Waals surface area contributed by atoms with Crippen molar-refractivity contribution in [2.45, 2.75) is 44.7 Å². The SMILES string of the molecule is CCNC(=O)C(CC)N(Cc1cccc(C)c1)C(=O)CN(c1ccc(Cl)cc1)S(=O)(=O)c1ccc(OC)cc1. The van der Waals surface area contributed by atoms with Crippen molar-refractivity contribution < 1.29 is 22.7 Å². The molecule has 10 heteroatoms. The van der Waals surface area contributed by atoms with E-state index >= 15 is 0 Å². The minimum Gasteiger partial charge on any atom is -0.497 e. The third kappa shape index (κ3) is 7.52. The monoisotopic (exact) mass is 571 g/mol. The molecule has 0 heterocycles. The van der Waals surface area contributed by atoms with Crippen LogP contribution in [0.1, 0.15) is 31.4 Å². The normalized spacial score (nSPS) is 11.9. The van der Waals surface area contributed by atoms with Crippen molar-refractivity contribution in [3.63, 3.8) is 0 Å². The summed E-state index contributed by atoms with van der Waals surface area (Å²) in [5, 5.41) is 3.22. The van der Waals surface area contributed by atoms with Gasteiger partial charge in [0.05, 0.1) is 17.7 Å². The van der Waals surface area contributed by atoms with E-state index in [0.717, 1.165) is 15.4 Å². The maximum Gasteiger partial charge on any atom is 0.264 e. The zero-order chi connectivity index (χ0) is 28.6. The van der Waals surface area contributed by atoms with Crippen molar-refractivity contribution >= 4 is 39.1 Å². The Balaban J connectivity index is 2.05. The maximum atomic E-state index is 14.0. The van der Waals surface area contributed by atoms with Crippen LogP contribution in [-0.4, -0.2) is 51.4 Å². The van der Waals surface area contributed by atoms with E-state index in [4.69, 9.17) is 16.3 Å². The number of carbonyl (C=O) groups is 2. The molecule has 0 aliphatic carbocycles. The van der Waals surface area contributed by atoms with E-state index in [-0.39, 0.29) is 23.0 Å². The van der Waals surface area contributed by atoms with Gasteiger partial charge in [0.25, 0.3) is 10.0 Å². The number of benzene rings is 3. The molecule has 0 radical (unpaired) electrons. The lowest BCUT2D eigenvalue weighted by Gasteiger charge is -2.33. The van der Waals surface area contributed by atoms with Gasteiger partial charge in [-0.25, -0.2) is 8.42 Å². The minimum absolute atomic E-state index is 0.00736. The first-order valence-electron chi connectivity index (χ1n) is 12.7. The van der Waals surface area contributed by atoms with Crippen LogP contribution in [0.4, 0.5) is 5.69 Å². The Morgan fingerprint density at radius 1 is 1.00 bits per heavy atom. The molecule has 1 atom stereocenters. The van der Waals surface area contributed by atoms with Gasteiger partial charge in [0.1, 0.15) is 18.3 Å². The molecule has 0 bridgehead atoms. The van der Waals surface area contributed by atoms with Crippen LogP contribution in [-0.2, 0) is 26.2 Å². The molecule has 3 aromatic carbocycles. The Hall–Kier alpha value is -3.56. The summed E-state index contributed by atoms with van der Waals surface area (Å²) in [5.41, 5.74) is 2.11. The summed E-state index contributed by atoms with van der Waals surface area (Å²) in [7, 11) is -2.69. The number of carbonyl (C=O) groups excluding carboxylic acids is 2. The molecule has 8 nitrogen and oxygen atoms in total. The van der Waals surface area contributed by atoms with Crippen LogP contribution < -0.4 is 14.4 Å². The second-order valence-electron chi connectivity index (χ2n) is 8.99. The molecular weight excluding hydrogens is 538 g/mol. The fourth-order valence-electron chi connectivity index (χ4n) is 4.23. The maximum absolute atomic E-state index is 14.0. The molecule has 1 N–H and O–H groups in total. The summed E-state index contributed by atoms with van der Waals surface area (Å²) in [4.78, 5) is 28.4. The number of nitrogens with zero attached hydrogens (tertiary/aromatic N) is 2. The Bertz CT molecular complexity index is 1380. The average Bonchev–Trinajstić information content (AvgIpc) is 2.92. The van der Waals surface area contributed by atoms with Crippen molar-refractivity contribution in [1.82, 2.24) is 10.2 Å². The van der Waals surface area contributed by atoms with Crippen molar-refractivity contribution in [1.29, 1.82) is 0 Å². The van der Waals surface area contributed by atoms with E-state index in [9.17, 15) is 18.0 Å². The molecule has 208 valence electrons. The smallest absolute Gasteiger partial charge is 0.264 e. The lowest BCUT2D eigenvalue weighted by Crippen LogP contribution is -2.52. The Kier molecular flexibility index (Phi) is 10.4. The van der Waals surface area contributed by atoms with Crippen LogP contribution in [0.25, 0.3) is 0 Å². The van der Waals surface area contributed by atoms with E-state index < -0.39 is 28.5 Å². The van der Waals surface area contributed by atoms with E-state index in [1.165, 1.54) is 24.1 Å². The summed E-state index contributed by atoms with van der Waals surface area (Å²) < 4.78 is 33.9. The van der Waals surface area contributed by atoms with Crippen LogP contribution in [0.5, 0.6) is 5.75 Å². The second kappa shape index (κ2) is 13.5. The summed E-state index contributed by atoms with van der Waals surface area (Å²) in [6, 6.07) is 19.0. The van der Waals surface area contributed by atoms with Crippen LogP contribution in [0.2, 0.25) is 5.02 Å².